The summed E-state index contributed by atoms with van der Waals surface area (Å²) in [4.78, 5) is 13.3. The van der Waals surface area contributed by atoms with Gasteiger partial charge >= 0.3 is 6.36 Å². The van der Waals surface area contributed by atoms with E-state index in [2.05, 4.69) is 10.1 Å². The van der Waals surface area contributed by atoms with Gasteiger partial charge in [0.25, 0.3) is 5.91 Å². The van der Waals surface area contributed by atoms with Crippen molar-refractivity contribution in [2.45, 2.75) is 12.8 Å². The first-order valence-electron chi connectivity index (χ1n) is 8.31. The van der Waals surface area contributed by atoms with Crippen LogP contribution in [-0.2, 0) is 9.53 Å². The SMILES string of the molecule is O=C(C[NH2+]CCC[NH+]1CCOCC1)Nc1ccc(OC(F)(F)F)cc1. The lowest BCUT2D eigenvalue weighted by molar-refractivity contribution is -0.909. The number of carbonyl (C=O) groups is 1. The zero-order chi connectivity index (χ0) is 18.1. The number of alkyl halides is 3. The van der Waals surface area contributed by atoms with Gasteiger partial charge in [-0.2, -0.15) is 0 Å². The average Bonchev–Trinajstić information content (AvgIpc) is 2.56. The molecule has 1 aliphatic rings. The summed E-state index contributed by atoms with van der Waals surface area (Å²) in [6, 6.07) is 5.08. The third kappa shape index (κ3) is 8.19. The molecule has 1 saturated heterocycles. The van der Waals surface area contributed by atoms with E-state index in [-0.39, 0.29) is 18.2 Å². The van der Waals surface area contributed by atoms with Crippen LogP contribution in [0, 0.1) is 0 Å². The summed E-state index contributed by atoms with van der Waals surface area (Å²) < 4.78 is 45.3. The number of morpholine rings is 1. The van der Waals surface area contributed by atoms with Crippen molar-refractivity contribution in [3.63, 3.8) is 0 Å². The van der Waals surface area contributed by atoms with Crippen molar-refractivity contribution >= 4 is 11.6 Å². The average molecular weight is 363 g/mol. The van der Waals surface area contributed by atoms with Crippen LogP contribution < -0.4 is 20.3 Å². The molecule has 140 valence electrons. The Morgan fingerprint density at radius 2 is 1.92 bits per heavy atom. The van der Waals surface area contributed by atoms with Crippen LogP contribution >= 0.6 is 0 Å². The Balaban J connectivity index is 1.59. The van der Waals surface area contributed by atoms with Crippen molar-refractivity contribution in [1.82, 2.24) is 0 Å². The predicted molar refractivity (Wildman–Crippen MR) is 84.4 cm³/mol. The molecule has 1 heterocycles. The quantitative estimate of drug-likeness (QED) is 0.540. The fraction of sp³-hybridized carbons (Fsp3) is 0.562. The lowest BCUT2D eigenvalue weighted by atomic mass is 10.3. The smallest absolute Gasteiger partial charge is 0.406 e. The monoisotopic (exact) mass is 363 g/mol. The minimum absolute atomic E-state index is 0.191. The van der Waals surface area contributed by atoms with Gasteiger partial charge in [-0.1, -0.05) is 0 Å². The first-order valence-corrected chi connectivity index (χ1v) is 8.31. The van der Waals surface area contributed by atoms with Gasteiger partial charge in [-0.05, 0) is 24.3 Å². The van der Waals surface area contributed by atoms with Gasteiger partial charge in [0.05, 0.1) is 26.3 Å². The summed E-state index contributed by atoms with van der Waals surface area (Å²) in [6.07, 6.45) is -3.70. The molecule has 0 bridgehead atoms. The summed E-state index contributed by atoms with van der Waals surface area (Å²) in [5.41, 5.74) is 0.436. The number of rotatable bonds is 8. The number of benzene rings is 1. The number of carbonyl (C=O) groups excluding carboxylic acids is 1. The van der Waals surface area contributed by atoms with Crippen LogP contribution in [0.5, 0.6) is 5.75 Å². The fourth-order valence-electron chi connectivity index (χ4n) is 2.59. The number of halogens is 3. The van der Waals surface area contributed by atoms with Crippen LogP contribution in [0.15, 0.2) is 24.3 Å². The van der Waals surface area contributed by atoms with Crippen molar-refractivity contribution in [3.8, 4) is 5.75 Å². The molecule has 1 aliphatic heterocycles. The van der Waals surface area contributed by atoms with E-state index in [9.17, 15) is 18.0 Å². The van der Waals surface area contributed by atoms with Gasteiger partial charge in [0.1, 0.15) is 18.8 Å². The van der Waals surface area contributed by atoms with E-state index in [0.717, 1.165) is 57.9 Å². The lowest BCUT2D eigenvalue weighted by Crippen LogP contribution is -3.14. The minimum atomic E-state index is -4.72. The third-order valence-electron chi connectivity index (χ3n) is 3.84. The van der Waals surface area contributed by atoms with E-state index in [1.807, 2.05) is 5.32 Å². The first kappa shape index (κ1) is 19.5. The van der Waals surface area contributed by atoms with E-state index >= 15 is 0 Å². The Kier molecular flexibility index (Phi) is 7.48. The standard InChI is InChI=1S/C16H22F3N3O3/c17-16(18,19)25-14-4-2-13(3-5-14)21-15(23)12-20-6-1-7-22-8-10-24-11-9-22/h2-5,20H,1,6-12H2,(H,21,23)/p+2. The zero-order valence-corrected chi connectivity index (χ0v) is 13.9. The molecule has 0 unspecified atom stereocenters. The Labute approximate surface area is 144 Å². The van der Waals surface area contributed by atoms with E-state index in [0.29, 0.717) is 5.69 Å². The topological polar surface area (TPSA) is 68.6 Å². The number of hydrogen-bond acceptors (Lipinski definition) is 3. The van der Waals surface area contributed by atoms with Gasteiger partial charge in [-0.15, -0.1) is 13.2 Å². The van der Waals surface area contributed by atoms with Crippen LogP contribution in [0.1, 0.15) is 6.42 Å². The maximum Gasteiger partial charge on any atom is 0.573 e. The zero-order valence-electron chi connectivity index (χ0n) is 13.9. The largest absolute Gasteiger partial charge is 0.573 e. The predicted octanol–water partition coefficient (Wildman–Crippen LogP) is -0.608. The molecule has 1 fully saturated rings. The molecule has 6 nitrogen and oxygen atoms in total. The summed E-state index contributed by atoms with van der Waals surface area (Å²) in [5.74, 6) is -0.508. The second-order valence-electron chi connectivity index (χ2n) is 5.87. The number of anilines is 1. The number of nitrogens with two attached hydrogens (primary N) is 1. The number of nitrogens with one attached hydrogen (secondary N) is 2. The van der Waals surface area contributed by atoms with Crippen molar-refractivity contribution in [2.24, 2.45) is 0 Å². The second kappa shape index (κ2) is 9.59. The highest BCUT2D eigenvalue weighted by Crippen LogP contribution is 2.23. The minimum Gasteiger partial charge on any atom is -0.406 e. The summed E-state index contributed by atoms with van der Waals surface area (Å²) in [5, 5.41) is 4.57. The number of ether oxygens (including phenoxy) is 2. The van der Waals surface area contributed by atoms with Gasteiger partial charge in [0.2, 0.25) is 0 Å². The number of amides is 1. The van der Waals surface area contributed by atoms with E-state index < -0.39 is 6.36 Å². The molecule has 9 heteroatoms. The molecule has 4 N–H and O–H groups in total. The van der Waals surface area contributed by atoms with Crippen LogP contribution in [0.4, 0.5) is 18.9 Å². The fourth-order valence-corrected chi connectivity index (χ4v) is 2.59. The molecule has 1 amide bonds. The highest BCUT2D eigenvalue weighted by molar-refractivity contribution is 5.91. The van der Waals surface area contributed by atoms with E-state index in [1.165, 1.54) is 17.0 Å². The molecular weight excluding hydrogens is 339 g/mol. The summed E-state index contributed by atoms with van der Waals surface area (Å²) in [7, 11) is 0. The maximum absolute atomic E-state index is 12.1. The van der Waals surface area contributed by atoms with Gasteiger partial charge in [0, 0.05) is 12.1 Å². The van der Waals surface area contributed by atoms with Crippen molar-refractivity contribution in [3.05, 3.63) is 24.3 Å². The third-order valence-corrected chi connectivity index (χ3v) is 3.84. The Hall–Kier alpha value is -1.84. The van der Waals surface area contributed by atoms with Gasteiger partial charge in [-0.3, -0.25) is 4.79 Å². The maximum atomic E-state index is 12.1. The van der Waals surface area contributed by atoms with Gasteiger partial charge < -0.3 is 25.0 Å². The molecule has 0 atom stereocenters. The second-order valence-corrected chi connectivity index (χ2v) is 5.87. The molecular formula is C16H24F3N3O3+2. The Morgan fingerprint density at radius 1 is 1.24 bits per heavy atom. The van der Waals surface area contributed by atoms with Crippen LogP contribution in [-0.4, -0.2) is 58.2 Å². The number of quaternary nitrogens is 2. The van der Waals surface area contributed by atoms with E-state index in [4.69, 9.17) is 4.74 Å². The van der Waals surface area contributed by atoms with Gasteiger partial charge in [0.15, 0.2) is 6.54 Å². The van der Waals surface area contributed by atoms with E-state index in [1.54, 1.807) is 0 Å². The van der Waals surface area contributed by atoms with Crippen molar-refractivity contribution < 1.29 is 37.7 Å². The highest BCUT2D eigenvalue weighted by Gasteiger charge is 2.30. The van der Waals surface area contributed by atoms with Crippen molar-refractivity contribution in [2.75, 3.05) is 51.3 Å². The molecule has 1 aromatic carbocycles. The molecule has 2 rings (SSSR count). The molecule has 1 aromatic rings. The highest BCUT2D eigenvalue weighted by atomic mass is 19.4. The lowest BCUT2D eigenvalue weighted by Gasteiger charge is -2.23. The first-order chi connectivity index (χ1) is 11.9. The van der Waals surface area contributed by atoms with Crippen LogP contribution in [0.2, 0.25) is 0 Å². The molecule has 0 aliphatic carbocycles. The molecule has 25 heavy (non-hydrogen) atoms. The Bertz CT molecular complexity index is 532. The molecule has 0 spiro atoms. The van der Waals surface area contributed by atoms with Crippen LogP contribution in [0.25, 0.3) is 0 Å². The van der Waals surface area contributed by atoms with Crippen molar-refractivity contribution in [1.29, 1.82) is 0 Å². The Morgan fingerprint density at radius 3 is 2.56 bits per heavy atom. The van der Waals surface area contributed by atoms with Gasteiger partial charge in [-0.25, -0.2) is 0 Å². The molecule has 0 aromatic heterocycles. The summed E-state index contributed by atoms with van der Waals surface area (Å²) in [6.45, 7) is 5.91. The normalized spacial score (nSPS) is 15.8. The number of hydrogen-bond donors (Lipinski definition) is 3. The molecule has 0 saturated carbocycles. The van der Waals surface area contributed by atoms with Crippen LogP contribution in [0.3, 0.4) is 0 Å². The molecule has 0 radical (unpaired) electrons. The summed E-state index contributed by atoms with van der Waals surface area (Å²) >= 11 is 0.